The predicted molar refractivity (Wildman–Crippen MR) is 89.0 cm³/mol. The minimum Gasteiger partial charge on any atom is -0.370 e. The number of aromatic nitrogens is 1. The fourth-order valence-corrected chi connectivity index (χ4v) is 3.50. The van der Waals surface area contributed by atoms with E-state index in [0.29, 0.717) is 0 Å². The van der Waals surface area contributed by atoms with Crippen LogP contribution in [0.1, 0.15) is 12.1 Å². The van der Waals surface area contributed by atoms with Crippen LogP contribution in [0.5, 0.6) is 0 Å². The lowest BCUT2D eigenvalue weighted by Gasteiger charge is -2.23. The molecule has 0 amide bonds. The van der Waals surface area contributed by atoms with Crippen molar-refractivity contribution in [2.45, 2.75) is 13.3 Å². The van der Waals surface area contributed by atoms with E-state index in [1.54, 1.807) is 23.5 Å². The van der Waals surface area contributed by atoms with Crippen LogP contribution in [0.15, 0.2) is 29.6 Å². The molecule has 0 N–H and O–H groups in total. The Balaban J connectivity index is 1.68. The molecule has 7 heteroatoms. The highest BCUT2D eigenvalue weighted by Crippen LogP contribution is 2.24. The molecule has 0 spiro atoms. The molecule has 2 aromatic rings. The molecule has 1 aliphatic rings. The summed E-state index contributed by atoms with van der Waals surface area (Å²) in [5, 5.41) is 13.9. The molecule has 0 bridgehead atoms. The lowest BCUT2D eigenvalue weighted by atomic mass is 10.2. The maximum atomic E-state index is 10.7. The van der Waals surface area contributed by atoms with Gasteiger partial charge in [-0.1, -0.05) is 0 Å². The van der Waals surface area contributed by atoms with Crippen LogP contribution in [0.2, 0.25) is 0 Å². The summed E-state index contributed by atoms with van der Waals surface area (Å²) in [7, 11) is 0. The maximum Gasteiger partial charge on any atom is 0.269 e. The van der Waals surface area contributed by atoms with Crippen molar-refractivity contribution in [3.8, 4) is 0 Å². The first-order chi connectivity index (χ1) is 10.6. The molecule has 1 fully saturated rings. The molecule has 0 unspecified atom stereocenters. The number of nitrogens with zero attached hydrogens (tertiary/aromatic N) is 4. The number of nitro groups is 1. The normalized spacial score (nSPS) is 15.7. The number of nitro benzene ring substituents is 1. The SMILES string of the molecule is Cc1csc(N2CCCN(c3ccc([N+](=O)[O-])cc3)CC2)n1. The highest BCUT2D eigenvalue weighted by molar-refractivity contribution is 7.13. The fraction of sp³-hybridized carbons (Fsp3) is 0.400. The minimum atomic E-state index is -0.362. The van der Waals surface area contributed by atoms with Gasteiger partial charge < -0.3 is 9.80 Å². The third-order valence-corrected chi connectivity index (χ3v) is 4.82. The van der Waals surface area contributed by atoms with Crippen LogP contribution in [0.3, 0.4) is 0 Å². The van der Waals surface area contributed by atoms with E-state index in [1.807, 2.05) is 19.1 Å². The molecular formula is C15H18N4O2S. The van der Waals surface area contributed by atoms with Gasteiger partial charge in [-0.05, 0) is 25.5 Å². The van der Waals surface area contributed by atoms with Crippen LogP contribution >= 0.6 is 11.3 Å². The second kappa shape index (κ2) is 6.31. The molecule has 116 valence electrons. The van der Waals surface area contributed by atoms with Gasteiger partial charge in [-0.3, -0.25) is 10.1 Å². The summed E-state index contributed by atoms with van der Waals surface area (Å²) in [4.78, 5) is 19.5. The smallest absolute Gasteiger partial charge is 0.269 e. The monoisotopic (exact) mass is 318 g/mol. The van der Waals surface area contributed by atoms with Crippen LogP contribution in [0, 0.1) is 17.0 Å². The Bertz CT molecular complexity index is 656. The number of aryl methyl sites for hydroxylation is 1. The highest BCUT2D eigenvalue weighted by atomic mass is 32.1. The van der Waals surface area contributed by atoms with Gasteiger partial charge in [-0.25, -0.2) is 4.98 Å². The van der Waals surface area contributed by atoms with Gasteiger partial charge >= 0.3 is 0 Å². The summed E-state index contributed by atoms with van der Waals surface area (Å²) in [6.07, 6.45) is 1.05. The number of rotatable bonds is 3. The minimum absolute atomic E-state index is 0.137. The molecule has 2 heterocycles. The molecule has 0 atom stereocenters. The van der Waals surface area contributed by atoms with Gasteiger partial charge in [0.15, 0.2) is 5.13 Å². The molecule has 1 aromatic heterocycles. The Morgan fingerprint density at radius 3 is 2.45 bits per heavy atom. The molecule has 3 rings (SSSR count). The topological polar surface area (TPSA) is 62.5 Å². The van der Waals surface area contributed by atoms with Crippen LogP contribution in [-0.2, 0) is 0 Å². The Hall–Kier alpha value is -2.15. The van der Waals surface area contributed by atoms with Gasteiger partial charge in [-0.15, -0.1) is 11.3 Å². The summed E-state index contributed by atoms with van der Waals surface area (Å²) in [6, 6.07) is 6.81. The molecule has 1 aromatic carbocycles. The Kier molecular flexibility index (Phi) is 4.24. The van der Waals surface area contributed by atoms with E-state index < -0.39 is 0 Å². The van der Waals surface area contributed by atoms with E-state index in [4.69, 9.17) is 0 Å². The number of non-ortho nitro benzene ring substituents is 1. The van der Waals surface area contributed by atoms with Crippen molar-refractivity contribution >= 4 is 27.8 Å². The summed E-state index contributed by atoms with van der Waals surface area (Å²) in [5.41, 5.74) is 2.25. The Morgan fingerprint density at radius 2 is 1.82 bits per heavy atom. The first kappa shape index (κ1) is 14.8. The molecule has 1 saturated heterocycles. The van der Waals surface area contributed by atoms with Gasteiger partial charge in [0.25, 0.3) is 5.69 Å². The van der Waals surface area contributed by atoms with Crippen molar-refractivity contribution in [3.63, 3.8) is 0 Å². The average Bonchev–Trinajstić information content (AvgIpc) is 2.81. The molecule has 0 aliphatic carbocycles. The molecular weight excluding hydrogens is 300 g/mol. The fourth-order valence-electron chi connectivity index (χ4n) is 2.64. The zero-order valence-corrected chi connectivity index (χ0v) is 13.3. The summed E-state index contributed by atoms with van der Waals surface area (Å²) in [5.74, 6) is 0. The lowest BCUT2D eigenvalue weighted by molar-refractivity contribution is -0.384. The summed E-state index contributed by atoms with van der Waals surface area (Å²) >= 11 is 1.69. The van der Waals surface area contributed by atoms with Crippen LogP contribution < -0.4 is 9.80 Å². The van der Waals surface area contributed by atoms with E-state index in [-0.39, 0.29) is 10.6 Å². The first-order valence-corrected chi connectivity index (χ1v) is 8.18. The number of hydrogen-bond acceptors (Lipinski definition) is 6. The highest BCUT2D eigenvalue weighted by Gasteiger charge is 2.18. The van der Waals surface area contributed by atoms with E-state index in [1.165, 1.54) is 0 Å². The third kappa shape index (κ3) is 3.19. The number of hydrogen-bond donors (Lipinski definition) is 0. The van der Waals surface area contributed by atoms with E-state index in [9.17, 15) is 10.1 Å². The van der Waals surface area contributed by atoms with Gasteiger partial charge in [-0.2, -0.15) is 0 Å². The molecule has 1 aliphatic heterocycles. The Labute approximate surface area is 133 Å². The average molecular weight is 318 g/mol. The zero-order valence-electron chi connectivity index (χ0n) is 12.4. The van der Waals surface area contributed by atoms with Crippen LogP contribution in [0.4, 0.5) is 16.5 Å². The van der Waals surface area contributed by atoms with Gasteiger partial charge in [0.05, 0.1) is 10.6 Å². The van der Waals surface area contributed by atoms with Crippen LogP contribution in [0.25, 0.3) is 0 Å². The second-order valence-corrected chi connectivity index (χ2v) is 6.21. The van der Waals surface area contributed by atoms with Crippen molar-refractivity contribution in [2.75, 3.05) is 36.0 Å². The lowest BCUT2D eigenvalue weighted by Crippen LogP contribution is -2.30. The molecule has 0 saturated carbocycles. The van der Waals surface area contributed by atoms with Crippen LogP contribution in [-0.4, -0.2) is 36.1 Å². The molecule has 6 nitrogen and oxygen atoms in total. The number of thiazole rings is 1. The second-order valence-electron chi connectivity index (χ2n) is 5.37. The first-order valence-electron chi connectivity index (χ1n) is 7.30. The largest absolute Gasteiger partial charge is 0.370 e. The van der Waals surface area contributed by atoms with Crippen molar-refractivity contribution in [3.05, 3.63) is 45.5 Å². The Morgan fingerprint density at radius 1 is 1.14 bits per heavy atom. The third-order valence-electron chi connectivity index (χ3n) is 3.80. The van der Waals surface area contributed by atoms with Crippen molar-refractivity contribution in [1.82, 2.24) is 4.98 Å². The van der Waals surface area contributed by atoms with Crippen molar-refractivity contribution < 1.29 is 4.92 Å². The van der Waals surface area contributed by atoms with Gasteiger partial charge in [0, 0.05) is 49.4 Å². The quantitative estimate of drug-likeness (QED) is 0.643. The predicted octanol–water partition coefficient (Wildman–Crippen LogP) is 3.08. The van der Waals surface area contributed by atoms with Crippen molar-refractivity contribution in [1.29, 1.82) is 0 Å². The van der Waals surface area contributed by atoms with Crippen molar-refractivity contribution in [2.24, 2.45) is 0 Å². The zero-order chi connectivity index (χ0) is 15.5. The molecule has 22 heavy (non-hydrogen) atoms. The van der Waals surface area contributed by atoms with Gasteiger partial charge in [0.2, 0.25) is 0 Å². The maximum absolute atomic E-state index is 10.7. The van der Waals surface area contributed by atoms with E-state index in [0.717, 1.165) is 49.1 Å². The molecule has 0 radical (unpaired) electrons. The standard InChI is InChI=1S/C15H18N4O2S/c1-12-11-22-15(16-12)18-8-2-7-17(9-10-18)13-3-5-14(6-4-13)19(20)21/h3-6,11H,2,7-10H2,1H3. The van der Waals surface area contributed by atoms with E-state index in [2.05, 4.69) is 20.2 Å². The van der Waals surface area contributed by atoms with Gasteiger partial charge in [0.1, 0.15) is 0 Å². The number of anilines is 2. The van der Waals surface area contributed by atoms with E-state index >= 15 is 0 Å². The summed E-state index contributed by atoms with van der Waals surface area (Å²) in [6.45, 7) is 5.79. The number of benzene rings is 1. The summed E-state index contributed by atoms with van der Waals surface area (Å²) < 4.78 is 0.